The largest absolute Gasteiger partial charge is 0.573 e. The van der Waals surface area contributed by atoms with Crippen LogP contribution in [0.1, 0.15) is 28.8 Å². The fraction of sp³-hybridized carbons (Fsp3) is 0.278. The highest BCUT2D eigenvalue weighted by molar-refractivity contribution is 6.32. The molecule has 0 spiro atoms. The second-order valence-electron chi connectivity index (χ2n) is 6.19. The summed E-state index contributed by atoms with van der Waals surface area (Å²) in [6.07, 6.45) is -1.74. The van der Waals surface area contributed by atoms with Crippen LogP contribution in [0.3, 0.4) is 0 Å². The van der Waals surface area contributed by atoms with Crippen molar-refractivity contribution in [3.63, 3.8) is 0 Å². The number of amides is 2. The highest BCUT2D eigenvalue weighted by atomic mass is 35.5. The molecule has 0 bridgehead atoms. The Balaban J connectivity index is 1.59. The molecule has 1 saturated carbocycles. The lowest BCUT2D eigenvalue weighted by Crippen LogP contribution is -2.23. The standard InChI is InChI=1S/C18H15ClF3N3O3/c19-13-7-10(1-4-14(13)28-18(20,21)22)9-24-16(26)12-5-6-23-15(8-12)25-17(27)11-2-3-11/h1,4-8,11H,2-3,9H2,(H,24,26)(H,23,25,27). The van der Waals surface area contributed by atoms with Gasteiger partial charge >= 0.3 is 6.36 Å². The van der Waals surface area contributed by atoms with Gasteiger partial charge in [0.05, 0.1) is 5.02 Å². The monoisotopic (exact) mass is 413 g/mol. The van der Waals surface area contributed by atoms with Crippen molar-refractivity contribution in [3.8, 4) is 5.75 Å². The van der Waals surface area contributed by atoms with Crippen molar-refractivity contribution in [2.24, 2.45) is 5.92 Å². The van der Waals surface area contributed by atoms with Crippen LogP contribution in [0.15, 0.2) is 36.5 Å². The molecular formula is C18H15ClF3N3O3. The minimum absolute atomic E-state index is 0.00771. The molecule has 28 heavy (non-hydrogen) atoms. The lowest BCUT2D eigenvalue weighted by Gasteiger charge is -2.12. The number of nitrogens with one attached hydrogen (secondary N) is 2. The summed E-state index contributed by atoms with van der Waals surface area (Å²) in [5.74, 6) is -0.791. The third-order valence-electron chi connectivity index (χ3n) is 3.90. The van der Waals surface area contributed by atoms with Crippen LogP contribution in [-0.2, 0) is 11.3 Å². The molecule has 3 rings (SSSR count). The van der Waals surface area contributed by atoms with E-state index in [0.29, 0.717) is 5.56 Å². The molecule has 1 aliphatic rings. The predicted molar refractivity (Wildman–Crippen MR) is 94.9 cm³/mol. The molecule has 0 saturated heterocycles. The first-order valence-corrected chi connectivity index (χ1v) is 8.68. The van der Waals surface area contributed by atoms with Crippen molar-refractivity contribution in [3.05, 3.63) is 52.7 Å². The van der Waals surface area contributed by atoms with E-state index >= 15 is 0 Å². The van der Waals surface area contributed by atoms with Crippen LogP contribution in [0.25, 0.3) is 0 Å². The summed E-state index contributed by atoms with van der Waals surface area (Å²) in [6, 6.07) is 6.64. The topological polar surface area (TPSA) is 80.3 Å². The van der Waals surface area contributed by atoms with E-state index in [1.165, 1.54) is 30.5 Å². The fourth-order valence-electron chi connectivity index (χ4n) is 2.36. The van der Waals surface area contributed by atoms with Gasteiger partial charge in [-0.25, -0.2) is 4.98 Å². The second kappa shape index (κ2) is 8.05. The minimum atomic E-state index is -4.84. The SMILES string of the molecule is O=C(NCc1ccc(OC(F)(F)F)c(Cl)c1)c1ccnc(NC(=O)C2CC2)c1. The first-order valence-electron chi connectivity index (χ1n) is 8.30. The van der Waals surface area contributed by atoms with Gasteiger partial charge < -0.3 is 15.4 Å². The van der Waals surface area contributed by atoms with Crippen molar-refractivity contribution < 1.29 is 27.5 Å². The summed E-state index contributed by atoms with van der Waals surface area (Å²) in [7, 11) is 0. The van der Waals surface area contributed by atoms with Crippen LogP contribution in [0.4, 0.5) is 19.0 Å². The van der Waals surface area contributed by atoms with Crippen LogP contribution in [0, 0.1) is 5.92 Å². The number of hydrogen-bond acceptors (Lipinski definition) is 4. The van der Waals surface area contributed by atoms with Crippen LogP contribution in [-0.4, -0.2) is 23.2 Å². The number of anilines is 1. The van der Waals surface area contributed by atoms with E-state index in [0.717, 1.165) is 18.9 Å². The third-order valence-corrected chi connectivity index (χ3v) is 4.19. The zero-order chi connectivity index (χ0) is 20.3. The van der Waals surface area contributed by atoms with E-state index in [1.807, 2.05) is 0 Å². The number of carbonyl (C=O) groups excluding carboxylic acids is 2. The number of hydrogen-bond donors (Lipinski definition) is 2. The second-order valence-corrected chi connectivity index (χ2v) is 6.60. The number of pyridine rings is 1. The maximum Gasteiger partial charge on any atom is 0.573 e. The molecule has 10 heteroatoms. The molecule has 1 fully saturated rings. The maximum atomic E-state index is 12.3. The lowest BCUT2D eigenvalue weighted by molar-refractivity contribution is -0.274. The molecular weight excluding hydrogens is 399 g/mol. The Morgan fingerprint density at radius 2 is 1.96 bits per heavy atom. The molecule has 0 radical (unpaired) electrons. The van der Waals surface area contributed by atoms with Gasteiger partial charge in [-0.15, -0.1) is 13.2 Å². The molecule has 2 N–H and O–H groups in total. The van der Waals surface area contributed by atoms with E-state index in [4.69, 9.17) is 11.6 Å². The summed E-state index contributed by atoms with van der Waals surface area (Å²) in [6.45, 7) is 0.0386. The average Bonchev–Trinajstić information content (AvgIpc) is 3.46. The van der Waals surface area contributed by atoms with Crippen LogP contribution in [0.5, 0.6) is 5.75 Å². The molecule has 2 amide bonds. The fourth-order valence-corrected chi connectivity index (χ4v) is 2.60. The quantitative estimate of drug-likeness (QED) is 0.752. The molecule has 0 aliphatic heterocycles. The van der Waals surface area contributed by atoms with Gasteiger partial charge in [0.2, 0.25) is 5.91 Å². The van der Waals surface area contributed by atoms with Crippen molar-refractivity contribution in [1.82, 2.24) is 10.3 Å². The van der Waals surface area contributed by atoms with Crippen molar-refractivity contribution in [1.29, 1.82) is 0 Å². The van der Waals surface area contributed by atoms with Crippen molar-refractivity contribution in [2.75, 3.05) is 5.32 Å². The Labute approximate surface area is 163 Å². The molecule has 148 valence electrons. The summed E-state index contributed by atoms with van der Waals surface area (Å²) in [4.78, 5) is 28.1. The zero-order valence-electron chi connectivity index (χ0n) is 14.3. The number of aromatic nitrogens is 1. The Morgan fingerprint density at radius 1 is 1.21 bits per heavy atom. The Morgan fingerprint density at radius 3 is 2.61 bits per heavy atom. The summed E-state index contributed by atoms with van der Waals surface area (Å²) < 4.78 is 40.5. The van der Waals surface area contributed by atoms with Gasteiger partial charge in [-0.3, -0.25) is 9.59 Å². The molecule has 2 aromatic rings. The zero-order valence-corrected chi connectivity index (χ0v) is 15.1. The molecule has 1 heterocycles. The molecule has 1 aliphatic carbocycles. The Hall–Kier alpha value is -2.81. The van der Waals surface area contributed by atoms with Crippen molar-refractivity contribution >= 4 is 29.2 Å². The average molecular weight is 414 g/mol. The van der Waals surface area contributed by atoms with Gasteiger partial charge in [-0.1, -0.05) is 17.7 Å². The number of benzene rings is 1. The van der Waals surface area contributed by atoms with Crippen LogP contribution in [0.2, 0.25) is 5.02 Å². The number of alkyl halides is 3. The number of nitrogens with zero attached hydrogens (tertiary/aromatic N) is 1. The molecule has 0 atom stereocenters. The van der Waals surface area contributed by atoms with E-state index in [9.17, 15) is 22.8 Å². The van der Waals surface area contributed by atoms with Gasteiger partial charge in [0.1, 0.15) is 11.6 Å². The van der Waals surface area contributed by atoms with E-state index in [-0.39, 0.29) is 34.8 Å². The van der Waals surface area contributed by atoms with Crippen LogP contribution >= 0.6 is 11.6 Å². The van der Waals surface area contributed by atoms with Gasteiger partial charge in [0.15, 0.2) is 0 Å². The van der Waals surface area contributed by atoms with Gasteiger partial charge in [0, 0.05) is 24.2 Å². The van der Waals surface area contributed by atoms with E-state index < -0.39 is 18.0 Å². The van der Waals surface area contributed by atoms with Crippen molar-refractivity contribution in [2.45, 2.75) is 25.7 Å². The van der Waals surface area contributed by atoms with Gasteiger partial charge in [-0.2, -0.15) is 0 Å². The van der Waals surface area contributed by atoms with E-state index in [2.05, 4.69) is 20.4 Å². The normalized spacial score (nSPS) is 13.7. The predicted octanol–water partition coefficient (Wildman–Crippen LogP) is 3.91. The van der Waals surface area contributed by atoms with Crippen LogP contribution < -0.4 is 15.4 Å². The first kappa shape index (κ1) is 19.9. The number of rotatable bonds is 6. The molecule has 0 unspecified atom stereocenters. The first-order chi connectivity index (χ1) is 13.2. The Bertz CT molecular complexity index is 901. The highest BCUT2D eigenvalue weighted by Gasteiger charge is 2.32. The number of ether oxygens (including phenoxy) is 1. The summed E-state index contributed by atoms with van der Waals surface area (Å²) in [5, 5.41) is 5.05. The lowest BCUT2D eigenvalue weighted by atomic mass is 10.2. The molecule has 1 aromatic carbocycles. The Kier molecular flexibility index (Phi) is 5.73. The number of carbonyl (C=O) groups is 2. The highest BCUT2D eigenvalue weighted by Crippen LogP contribution is 2.31. The van der Waals surface area contributed by atoms with E-state index in [1.54, 1.807) is 0 Å². The minimum Gasteiger partial charge on any atom is -0.404 e. The molecule has 1 aromatic heterocycles. The summed E-state index contributed by atoms with van der Waals surface area (Å²) in [5.41, 5.74) is 0.772. The smallest absolute Gasteiger partial charge is 0.404 e. The summed E-state index contributed by atoms with van der Waals surface area (Å²) >= 11 is 5.78. The third kappa shape index (κ3) is 5.59. The molecule has 6 nitrogen and oxygen atoms in total. The number of halogens is 4. The van der Waals surface area contributed by atoms with Gasteiger partial charge in [-0.05, 0) is 42.7 Å². The van der Waals surface area contributed by atoms with Gasteiger partial charge in [0.25, 0.3) is 5.91 Å². The maximum absolute atomic E-state index is 12.3.